The number of nitrogens with zero attached hydrogens (tertiary/aromatic N) is 1. The van der Waals surface area contributed by atoms with Gasteiger partial charge in [0.1, 0.15) is 18.0 Å². The first-order valence-corrected chi connectivity index (χ1v) is 12.1. The smallest absolute Gasteiger partial charge is 0.387 e. The summed E-state index contributed by atoms with van der Waals surface area (Å²) in [7, 11) is 0. The van der Waals surface area contributed by atoms with Gasteiger partial charge in [0, 0.05) is 34.1 Å². The second kappa shape index (κ2) is 14.5. The number of nitriles is 1. The van der Waals surface area contributed by atoms with Crippen molar-refractivity contribution in [3.63, 3.8) is 0 Å². The Labute approximate surface area is 197 Å². The summed E-state index contributed by atoms with van der Waals surface area (Å²) in [4.78, 5) is 12.5. The first-order valence-electron chi connectivity index (χ1n) is 9.76. The lowest BCUT2D eigenvalue weighted by Gasteiger charge is -2.17. The SMILES string of the molecule is N#CCNC(=O)C(CSCc1ccccc1OC(F)F)CSCc1ccccc1OC(F)F. The van der Waals surface area contributed by atoms with E-state index in [-0.39, 0.29) is 24.0 Å². The van der Waals surface area contributed by atoms with E-state index >= 15 is 0 Å². The number of hydrogen-bond acceptors (Lipinski definition) is 6. The Morgan fingerprint density at radius 1 is 0.879 bits per heavy atom. The highest BCUT2D eigenvalue weighted by atomic mass is 32.2. The topological polar surface area (TPSA) is 71.4 Å². The molecule has 33 heavy (non-hydrogen) atoms. The van der Waals surface area contributed by atoms with Gasteiger partial charge in [-0.25, -0.2) is 0 Å². The van der Waals surface area contributed by atoms with Crippen LogP contribution in [0.4, 0.5) is 17.6 Å². The molecule has 0 saturated carbocycles. The van der Waals surface area contributed by atoms with Gasteiger partial charge < -0.3 is 14.8 Å². The molecule has 0 heterocycles. The molecule has 0 aliphatic carbocycles. The largest absolute Gasteiger partial charge is 0.435 e. The molecule has 0 atom stereocenters. The summed E-state index contributed by atoms with van der Waals surface area (Å²) in [5.41, 5.74) is 1.15. The number of rotatable bonds is 14. The van der Waals surface area contributed by atoms with Gasteiger partial charge in [0.05, 0.1) is 12.0 Å². The minimum atomic E-state index is -2.94. The number of halogens is 4. The first kappa shape index (κ1) is 26.7. The predicted molar refractivity (Wildman–Crippen MR) is 121 cm³/mol. The van der Waals surface area contributed by atoms with Crippen molar-refractivity contribution < 1.29 is 31.8 Å². The van der Waals surface area contributed by atoms with Crippen LogP contribution in [-0.4, -0.2) is 37.2 Å². The molecular formula is C22H22F4N2O3S2. The Kier molecular flexibility index (Phi) is 11.8. The number of ether oxygens (including phenoxy) is 2. The summed E-state index contributed by atoms with van der Waals surface area (Å²) >= 11 is 2.74. The van der Waals surface area contributed by atoms with Crippen LogP contribution in [0.1, 0.15) is 11.1 Å². The zero-order valence-electron chi connectivity index (χ0n) is 17.4. The number of amides is 1. The van der Waals surface area contributed by atoms with Crippen LogP contribution in [-0.2, 0) is 16.3 Å². The van der Waals surface area contributed by atoms with Crippen LogP contribution < -0.4 is 14.8 Å². The fourth-order valence-corrected chi connectivity index (χ4v) is 5.17. The molecule has 2 rings (SSSR count). The standard InChI is InChI=1S/C22H22F4N2O3S2/c23-21(24)30-18-7-3-1-5-15(18)11-32-13-17(20(29)28-10-9-27)14-33-12-16-6-2-4-8-19(16)31-22(25)26/h1-8,17,21-22H,10-14H2,(H,28,29). The molecule has 0 radical (unpaired) electrons. The van der Waals surface area contributed by atoms with Crippen LogP contribution in [0, 0.1) is 17.2 Å². The maximum atomic E-state index is 12.6. The van der Waals surface area contributed by atoms with Crippen molar-refractivity contribution >= 4 is 29.4 Å². The van der Waals surface area contributed by atoms with Crippen LogP contribution in [0.15, 0.2) is 48.5 Å². The van der Waals surface area contributed by atoms with Crippen LogP contribution in [0.2, 0.25) is 0 Å². The van der Waals surface area contributed by atoms with Crippen molar-refractivity contribution in [1.29, 1.82) is 5.26 Å². The molecule has 178 valence electrons. The number of alkyl halides is 4. The molecule has 0 fully saturated rings. The fourth-order valence-electron chi connectivity index (χ4n) is 2.76. The third kappa shape index (κ3) is 9.84. The molecule has 0 aliphatic heterocycles. The van der Waals surface area contributed by atoms with E-state index in [0.717, 1.165) is 0 Å². The highest BCUT2D eigenvalue weighted by Gasteiger charge is 2.20. The highest BCUT2D eigenvalue weighted by Crippen LogP contribution is 2.29. The van der Waals surface area contributed by atoms with Crippen molar-refractivity contribution in [2.75, 3.05) is 18.1 Å². The second-order valence-electron chi connectivity index (χ2n) is 6.58. The van der Waals surface area contributed by atoms with Crippen molar-refractivity contribution in [1.82, 2.24) is 5.32 Å². The molecule has 0 aromatic heterocycles. The molecule has 1 amide bonds. The quantitative estimate of drug-likeness (QED) is 0.279. The number of carbonyl (C=O) groups excluding carboxylic acids is 1. The van der Waals surface area contributed by atoms with Crippen LogP contribution in [0.25, 0.3) is 0 Å². The molecular weight excluding hydrogens is 480 g/mol. The zero-order chi connectivity index (χ0) is 24.1. The van der Waals surface area contributed by atoms with Gasteiger partial charge in [0.25, 0.3) is 0 Å². The number of benzene rings is 2. The molecule has 1 N–H and O–H groups in total. The van der Waals surface area contributed by atoms with Gasteiger partial charge in [-0.3, -0.25) is 4.79 Å². The summed E-state index contributed by atoms with van der Waals surface area (Å²) < 4.78 is 59.4. The average molecular weight is 503 g/mol. The lowest BCUT2D eigenvalue weighted by Crippen LogP contribution is -2.33. The van der Waals surface area contributed by atoms with Gasteiger partial charge in [-0.05, 0) is 12.1 Å². The molecule has 0 bridgehead atoms. The summed E-state index contributed by atoms with van der Waals surface area (Å²) in [5, 5.41) is 11.3. The number of carbonyl (C=O) groups is 1. The van der Waals surface area contributed by atoms with E-state index < -0.39 is 19.1 Å². The fraction of sp³-hybridized carbons (Fsp3) is 0.364. The van der Waals surface area contributed by atoms with E-state index in [2.05, 4.69) is 14.8 Å². The van der Waals surface area contributed by atoms with Gasteiger partial charge >= 0.3 is 13.2 Å². The van der Waals surface area contributed by atoms with E-state index in [1.807, 2.05) is 6.07 Å². The van der Waals surface area contributed by atoms with Crippen LogP contribution in [0.3, 0.4) is 0 Å². The van der Waals surface area contributed by atoms with Crippen LogP contribution in [0.5, 0.6) is 11.5 Å². The Morgan fingerprint density at radius 2 is 1.33 bits per heavy atom. The number of nitrogens with one attached hydrogen (secondary N) is 1. The number of hydrogen-bond donors (Lipinski definition) is 1. The third-order valence-corrected chi connectivity index (χ3v) is 6.55. The van der Waals surface area contributed by atoms with Crippen LogP contribution >= 0.6 is 23.5 Å². The highest BCUT2D eigenvalue weighted by molar-refractivity contribution is 7.99. The summed E-state index contributed by atoms with van der Waals surface area (Å²) in [5.74, 6) is 0.781. The summed E-state index contributed by atoms with van der Waals surface area (Å²) in [6, 6.07) is 14.7. The molecule has 0 spiro atoms. The lowest BCUT2D eigenvalue weighted by molar-refractivity contribution is -0.123. The Hall–Kier alpha value is -2.58. The van der Waals surface area contributed by atoms with Gasteiger partial charge in [-0.2, -0.15) is 46.3 Å². The van der Waals surface area contributed by atoms with Gasteiger partial charge in [-0.1, -0.05) is 36.4 Å². The normalized spacial score (nSPS) is 11.0. The van der Waals surface area contributed by atoms with Crippen molar-refractivity contribution in [2.24, 2.45) is 5.92 Å². The summed E-state index contributed by atoms with van der Waals surface area (Å²) in [6.07, 6.45) is 0. The molecule has 0 saturated heterocycles. The van der Waals surface area contributed by atoms with E-state index in [1.54, 1.807) is 36.4 Å². The maximum absolute atomic E-state index is 12.6. The van der Waals surface area contributed by atoms with E-state index in [4.69, 9.17) is 5.26 Å². The number of para-hydroxylation sites is 2. The van der Waals surface area contributed by atoms with Gasteiger partial charge in [0.15, 0.2) is 0 Å². The Bertz CT molecular complexity index is 869. The third-order valence-electron chi connectivity index (χ3n) is 4.24. The van der Waals surface area contributed by atoms with E-state index in [0.29, 0.717) is 34.1 Å². The average Bonchev–Trinajstić information content (AvgIpc) is 2.78. The molecule has 2 aromatic rings. The molecule has 2 aromatic carbocycles. The second-order valence-corrected chi connectivity index (χ2v) is 8.64. The summed E-state index contributed by atoms with van der Waals surface area (Å²) in [6.45, 7) is -6.01. The lowest BCUT2D eigenvalue weighted by atomic mass is 10.2. The van der Waals surface area contributed by atoms with E-state index in [1.165, 1.54) is 35.7 Å². The van der Waals surface area contributed by atoms with Crippen molar-refractivity contribution in [3.8, 4) is 17.6 Å². The first-order chi connectivity index (χ1) is 15.9. The Morgan fingerprint density at radius 3 is 1.76 bits per heavy atom. The minimum Gasteiger partial charge on any atom is -0.435 e. The van der Waals surface area contributed by atoms with Gasteiger partial charge in [-0.15, -0.1) is 0 Å². The maximum Gasteiger partial charge on any atom is 0.387 e. The minimum absolute atomic E-state index is 0.0792. The van der Waals surface area contributed by atoms with E-state index in [9.17, 15) is 22.4 Å². The molecule has 0 unspecified atom stereocenters. The Balaban J connectivity index is 1.96. The van der Waals surface area contributed by atoms with Crippen molar-refractivity contribution in [2.45, 2.75) is 24.7 Å². The monoisotopic (exact) mass is 502 g/mol. The number of thioether (sulfide) groups is 2. The molecule has 0 aliphatic rings. The van der Waals surface area contributed by atoms with Gasteiger partial charge in [0.2, 0.25) is 5.91 Å². The zero-order valence-corrected chi connectivity index (χ0v) is 19.0. The van der Waals surface area contributed by atoms with Crippen molar-refractivity contribution in [3.05, 3.63) is 59.7 Å². The molecule has 11 heteroatoms. The predicted octanol–water partition coefficient (Wildman–Crippen LogP) is 5.31. The molecule has 5 nitrogen and oxygen atoms in total.